The number of likely N-dealkylation sites (N-methyl/N-ethyl adjacent to an activating group) is 2. The van der Waals surface area contributed by atoms with Gasteiger partial charge in [0.25, 0.3) is 11.8 Å². The summed E-state index contributed by atoms with van der Waals surface area (Å²) in [6.07, 6.45) is 3.33. The van der Waals surface area contributed by atoms with Crippen LogP contribution in [0.2, 0.25) is 0 Å². The van der Waals surface area contributed by atoms with Crippen LogP contribution in [-0.4, -0.2) is 114 Å². The summed E-state index contributed by atoms with van der Waals surface area (Å²) in [5.74, 6) is 0.233. The van der Waals surface area contributed by atoms with Gasteiger partial charge in [0.05, 0.1) is 31.9 Å². The predicted octanol–water partition coefficient (Wildman–Crippen LogP) is 0.923. The molecule has 0 unspecified atom stereocenters. The minimum absolute atomic E-state index is 0.0961. The number of urea groups is 1. The number of hydrogen-bond acceptors (Lipinski definition) is 10. The average Bonchev–Trinajstić information content (AvgIpc) is 3.36. The van der Waals surface area contributed by atoms with Crippen LogP contribution in [0.25, 0.3) is 22.9 Å². The van der Waals surface area contributed by atoms with Crippen LogP contribution in [0, 0.1) is 0 Å². The summed E-state index contributed by atoms with van der Waals surface area (Å²) in [5, 5.41) is 0.800. The molecule has 0 bridgehead atoms. The Morgan fingerprint density at radius 3 is 1.82 bits per heavy atom. The quantitative estimate of drug-likeness (QED) is 0.354. The normalized spacial score (nSPS) is 18.9. The van der Waals surface area contributed by atoms with Crippen LogP contribution in [0.4, 0.5) is 16.7 Å². The monoisotopic (exact) mass is 532 g/mol. The zero-order chi connectivity index (χ0) is 27.1. The number of para-hydroxylation sites is 1. The van der Waals surface area contributed by atoms with Gasteiger partial charge >= 0.3 is 6.03 Å². The molecule has 3 fully saturated rings. The molecule has 0 aliphatic carbocycles. The number of hydrogen-bond donors (Lipinski definition) is 0. The maximum Gasteiger partial charge on any atom is 0.333 e. The molecule has 1 aromatic carbocycles. The third-order valence-corrected chi connectivity index (χ3v) is 7.09. The summed E-state index contributed by atoms with van der Waals surface area (Å²) in [6.45, 7) is 5.02. The van der Waals surface area contributed by atoms with Crippen molar-refractivity contribution < 1.29 is 23.9 Å². The zero-order valence-corrected chi connectivity index (χ0v) is 21.7. The van der Waals surface area contributed by atoms with Crippen molar-refractivity contribution in [1.29, 1.82) is 0 Å². The van der Waals surface area contributed by atoms with E-state index in [1.807, 2.05) is 28.8 Å². The van der Waals surface area contributed by atoms with Gasteiger partial charge in [-0.2, -0.15) is 15.0 Å². The lowest BCUT2D eigenvalue weighted by molar-refractivity contribution is -0.134. The average molecular weight is 533 g/mol. The van der Waals surface area contributed by atoms with E-state index in [2.05, 4.69) is 9.80 Å². The van der Waals surface area contributed by atoms with Crippen LogP contribution < -0.4 is 9.80 Å². The van der Waals surface area contributed by atoms with Gasteiger partial charge in [-0.15, -0.1) is 0 Å². The summed E-state index contributed by atoms with van der Waals surface area (Å²) in [5.41, 5.74) is 1.32. The van der Waals surface area contributed by atoms with Gasteiger partial charge in [-0.3, -0.25) is 24.0 Å². The van der Waals surface area contributed by atoms with Crippen molar-refractivity contribution in [3.63, 3.8) is 0 Å². The second kappa shape index (κ2) is 10.1. The molecule has 4 amide bonds. The molecule has 5 heterocycles. The Labute approximate surface area is 224 Å². The smallest absolute Gasteiger partial charge is 0.333 e. The third kappa shape index (κ3) is 4.49. The number of nitrogens with zero attached hydrogens (tertiary/aromatic N) is 8. The van der Waals surface area contributed by atoms with Gasteiger partial charge in [-0.05, 0) is 12.1 Å². The van der Waals surface area contributed by atoms with E-state index >= 15 is 0 Å². The molecule has 0 saturated carbocycles. The number of anilines is 2. The standard InChI is InChI=1S/C26H28N8O5/c1-30-21(35)19(22(36)31(2)26(30)37)15-17-16-34(20-6-4-3-5-18(17)20)25-28-23(32-7-11-38-12-8-32)27-24(29-25)33-9-13-39-14-10-33/h3-6,15-16H,7-14H2,1-2H3. The Morgan fingerprint density at radius 2 is 1.26 bits per heavy atom. The maximum absolute atomic E-state index is 12.9. The first-order valence-corrected chi connectivity index (χ1v) is 12.8. The Bertz CT molecular complexity index is 1430. The molecule has 39 heavy (non-hydrogen) atoms. The number of morpholine rings is 2. The fourth-order valence-electron chi connectivity index (χ4n) is 4.88. The van der Waals surface area contributed by atoms with Crippen molar-refractivity contribution in [2.24, 2.45) is 0 Å². The maximum atomic E-state index is 12.9. The van der Waals surface area contributed by atoms with E-state index in [0.717, 1.165) is 20.7 Å². The van der Waals surface area contributed by atoms with Gasteiger partial charge in [0, 0.05) is 57.4 Å². The molecule has 0 N–H and O–H groups in total. The lowest BCUT2D eigenvalue weighted by Gasteiger charge is -2.30. The molecule has 3 aliphatic rings. The van der Waals surface area contributed by atoms with E-state index in [0.29, 0.717) is 76.0 Å². The number of barbiturate groups is 1. The molecule has 2 aromatic heterocycles. The van der Waals surface area contributed by atoms with Crippen LogP contribution in [0.15, 0.2) is 36.0 Å². The van der Waals surface area contributed by atoms with Crippen LogP contribution in [-0.2, 0) is 19.1 Å². The van der Waals surface area contributed by atoms with E-state index in [4.69, 9.17) is 24.4 Å². The molecule has 3 saturated heterocycles. The van der Waals surface area contributed by atoms with Crippen molar-refractivity contribution in [2.75, 3.05) is 76.5 Å². The number of benzene rings is 1. The lowest BCUT2D eigenvalue weighted by atomic mass is 10.1. The zero-order valence-electron chi connectivity index (χ0n) is 21.7. The van der Waals surface area contributed by atoms with Gasteiger partial charge < -0.3 is 19.3 Å². The molecule has 0 spiro atoms. The van der Waals surface area contributed by atoms with Crippen molar-refractivity contribution in [2.45, 2.75) is 0 Å². The fourth-order valence-corrected chi connectivity index (χ4v) is 4.88. The Kier molecular flexibility index (Phi) is 6.45. The van der Waals surface area contributed by atoms with Crippen LogP contribution >= 0.6 is 0 Å². The predicted molar refractivity (Wildman–Crippen MR) is 142 cm³/mol. The van der Waals surface area contributed by atoms with Crippen molar-refractivity contribution in [3.8, 4) is 5.95 Å². The lowest BCUT2D eigenvalue weighted by Crippen LogP contribution is -2.52. The molecule has 3 aromatic rings. The van der Waals surface area contributed by atoms with Gasteiger partial charge in [0.2, 0.25) is 17.8 Å². The number of ether oxygens (including phenoxy) is 2. The molecule has 0 atom stereocenters. The molecule has 13 nitrogen and oxygen atoms in total. The van der Waals surface area contributed by atoms with Crippen molar-refractivity contribution in [3.05, 3.63) is 41.6 Å². The topological polar surface area (TPSA) is 126 Å². The highest BCUT2D eigenvalue weighted by Crippen LogP contribution is 2.29. The van der Waals surface area contributed by atoms with Gasteiger partial charge in [0.15, 0.2) is 0 Å². The Hall–Kier alpha value is -4.36. The third-order valence-electron chi connectivity index (χ3n) is 7.09. The minimum Gasteiger partial charge on any atom is -0.378 e. The minimum atomic E-state index is -0.666. The van der Waals surface area contributed by atoms with Crippen LogP contribution in [0.5, 0.6) is 0 Å². The Morgan fingerprint density at radius 1 is 0.744 bits per heavy atom. The van der Waals surface area contributed by atoms with Crippen molar-refractivity contribution >= 4 is 46.7 Å². The van der Waals surface area contributed by atoms with Crippen LogP contribution in [0.1, 0.15) is 5.56 Å². The highest BCUT2D eigenvalue weighted by atomic mass is 16.5. The molecular weight excluding hydrogens is 504 g/mol. The molecule has 0 radical (unpaired) electrons. The highest BCUT2D eigenvalue weighted by molar-refractivity contribution is 6.31. The van der Waals surface area contributed by atoms with E-state index in [1.54, 1.807) is 6.20 Å². The van der Waals surface area contributed by atoms with Gasteiger partial charge in [-0.25, -0.2) is 4.79 Å². The number of fused-ring (bicyclic) bond motifs is 1. The van der Waals surface area contributed by atoms with E-state index in [1.165, 1.54) is 20.2 Å². The van der Waals surface area contributed by atoms with Crippen molar-refractivity contribution in [1.82, 2.24) is 29.3 Å². The number of carbonyl (C=O) groups excluding carboxylic acids is 3. The van der Waals surface area contributed by atoms with E-state index < -0.39 is 17.8 Å². The van der Waals surface area contributed by atoms with E-state index in [-0.39, 0.29) is 5.57 Å². The molecular formula is C26H28N8O5. The Balaban J connectivity index is 1.48. The van der Waals surface area contributed by atoms with Gasteiger partial charge in [-0.1, -0.05) is 18.2 Å². The van der Waals surface area contributed by atoms with E-state index in [9.17, 15) is 14.4 Å². The highest BCUT2D eigenvalue weighted by Gasteiger charge is 2.38. The second-order valence-electron chi connectivity index (χ2n) is 9.47. The number of imide groups is 2. The number of rotatable bonds is 4. The first-order chi connectivity index (χ1) is 18.9. The fraction of sp³-hybridized carbons (Fsp3) is 0.385. The summed E-state index contributed by atoms with van der Waals surface area (Å²) in [4.78, 5) is 58.4. The summed E-state index contributed by atoms with van der Waals surface area (Å²) >= 11 is 0. The molecule has 13 heteroatoms. The summed E-state index contributed by atoms with van der Waals surface area (Å²) in [7, 11) is 2.71. The first kappa shape index (κ1) is 24.9. The number of carbonyl (C=O) groups is 3. The largest absolute Gasteiger partial charge is 0.378 e. The first-order valence-electron chi connectivity index (χ1n) is 12.8. The molecule has 3 aliphatic heterocycles. The molecule has 6 rings (SSSR count). The second-order valence-corrected chi connectivity index (χ2v) is 9.47. The number of amides is 4. The van der Waals surface area contributed by atoms with Crippen LogP contribution in [0.3, 0.4) is 0 Å². The van der Waals surface area contributed by atoms with Gasteiger partial charge in [0.1, 0.15) is 5.57 Å². The number of aromatic nitrogens is 4. The SMILES string of the molecule is CN1C(=O)C(=Cc2cn(-c3nc(N4CCOCC4)nc(N4CCOCC4)n3)c3ccccc23)C(=O)N(C)C1=O. The summed E-state index contributed by atoms with van der Waals surface area (Å²) in [6, 6.07) is 6.95. The molecule has 202 valence electrons. The summed E-state index contributed by atoms with van der Waals surface area (Å²) < 4.78 is 12.9.